The van der Waals surface area contributed by atoms with Gasteiger partial charge >= 0.3 is 0 Å². The van der Waals surface area contributed by atoms with E-state index in [1.807, 2.05) is 30.8 Å². The lowest BCUT2D eigenvalue weighted by Gasteiger charge is -2.33. The minimum absolute atomic E-state index is 0.267. The van der Waals surface area contributed by atoms with Crippen LogP contribution in [-0.4, -0.2) is 39.1 Å². The molecule has 0 saturated carbocycles. The molecule has 1 fully saturated rings. The van der Waals surface area contributed by atoms with E-state index in [0.717, 1.165) is 18.8 Å². The van der Waals surface area contributed by atoms with Crippen LogP contribution >= 0.6 is 0 Å². The first-order valence-electron chi connectivity index (χ1n) is 7.23. The molecule has 19 heavy (non-hydrogen) atoms. The molecule has 4 heteroatoms. The molecular formula is C15H25N3O. The van der Waals surface area contributed by atoms with Crippen LogP contribution in [0, 0.1) is 0 Å². The first kappa shape index (κ1) is 14.3. The van der Waals surface area contributed by atoms with Crippen LogP contribution in [0.4, 0.5) is 0 Å². The highest BCUT2D eigenvalue weighted by molar-refractivity contribution is 5.89. The number of hydrogen-bond donors (Lipinski definition) is 0. The third-order valence-corrected chi connectivity index (χ3v) is 4.11. The van der Waals surface area contributed by atoms with Crippen LogP contribution in [0.3, 0.4) is 0 Å². The zero-order valence-corrected chi connectivity index (χ0v) is 12.5. The van der Waals surface area contributed by atoms with E-state index in [0.29, 0.717) is 12.5 Å². The van der Waals surface area contributed by atoms with Gasteiger partial charge in [-0.2, -0.15) is 5.10 Å². The largest absolute Gasteiger partial charge is 0.297 e. The number of hydrogen-bond acceptors (Lipinski definition) is 3. The van der Waals surface area contributed by atoms with Gasteiger partial charge in [-0.25, -0.2) is 0 Å². The molecule has 1 aromatic heterocycles. The maximum atomic E-state index is 12.5. The fraction of sp³-hybridized carbons (Fsp3) is 0.733. The Morgan fingerprint density at radius 1 is 1.37 bits per heavy atom. The van der Waals surface area contributed by atoms with E-state index in [2.05, 4.69) is 23.8 Å². The van der Waals surface area contributed by atoms with Crippen LogP contribution < -0.4 is 0 Å². The number of rotatable bonds is 5. The van der Waals surface area contributed by atoms with Crippen LogP contribution in [0.1, 0.15) is 52.3 Å². The van der Waals surface area contributed by atoms with Gasteiger partial charge in [-0.05, 0) is 59.7 Å². The molecule has 0 N–H and O–H groups in total. The Balaban J connectivity index is 2.02. The van der Waals surface area contributed by atoms with Crippen molar-refractivity contribution < 1.29 is 4.79 Å². The molecule has 0 radical (unpaired) electrons. The second-order valence-corrected chi connectivity index (χ2v) is 6.23. The topological polar surface area (TPSA) is 38.1 Å². The highest BCUT2D eigenvalue weighted by Gasteiger charge is 2.35. The van der Waals surface area contributed by atoms with E-state index in [-0.39, 0.29) is 11.3 Å². The molecule has 4 nitrogen and oxygen atoms in total. The summed E-state index contributed by atoms with van der Waals surface area (Å²) in [6, 6.07) is 2.30. The summed E-state index contributed by atoms with van der Waals surface area (Å²) in [5.74, 6) is 0.267. The third-order valence-electron chi connectivity index (χ3n) is 4.11. The van der Waals surface area contributed by atoms with Crippen molar-refractivity contribution in [3.8, 4) is 0 Å². The molecule has 0 aliphatic carbocycles. The predicted octanol–water partition coefficient (Wildman–Crippen LogP) is 2.45. The van der Waals surface area contributed by atoms with Gasteiger partial charge in [0.15, 0.2) is 5.78 Å². The zero-order valence-electron chi connectivity index (χ0n) is 12.5. The molecule has 106 valence electrons. The minimum atomic E-state index is -0.363. The van der Waals surface area contributed by atoms with Gasteiger partial charge in [0.05, 0.1) is 17.7 Å². The summed E-state index contributed by atoms with van der Waals surface area (Å²) in [6.07, 6.45) is 4.80. The van der Waals surface area contributed by atoms with Crippen molar-refractivity contribution in [2.75, 3.05) is 13.1 Å². The zero-order chi connectivity index (χ0) is 14.0. The van der Waals surface area contributed by atoms with Gasteiger partial charge in [-0.1, -0.05) is 0 Å². The Morgan fingerprint density at radius 2 is 2.00 bits per heavy atom. The molecule has 2 rings (SSSR count). The summed E-state index contributed by atoms with van der Waals surface area (Å²) in [6.45, 7) is 10.3. The maximum absolute atomic E-state index is 12.5. The molecule has 1 saturated heterocycles. The molecule has 0 unspecified atom stereocenters. The molecule has 0 amide bonds. The summed E-state index contributed by atoms with van der Waals surface area (Å²) >= 11 is 0. The van der Waals surface area contributed by atoms with Gasteiger partial charge < -0.3 is 0 Å². The molecule has 2 heterocycles. The SMILES string of the molecule is CC(C)n1ccc(CC(=O)C(C)(C)N2CCCC2)n1. The van der Waals surface area contributed by atoms with E-state index in [4.69, 9.17) is 0 Å². The van der Waals surface area contributed by atoms with Gasteiger partial charge in [0.25, 0.3) is 0 Å². The summed E-state index contributed by atoms with van der Waals surface area (Å²) in [4.78, 5) is 14.8. The third kappa shape index (κ3) is 3.06. The molecule has 0 spiro atoms. The number of ketones is 1. The Morgan fingerprint density at radius 3 is 2.53 bits per heavy atom. The Labute approximate surface area is 115 Å². The van der Waals surface area contributed by atoms with Crippen molar-refractivity contribution in [3.63, 3.8) is 0 Å². The molecule has 1 aliphatic rings. The lowest BCUT2D eigenvalue weighted by atomic mass is 9.94. The molecular weight excluding hydrogens is 238 g/mol. The maximum Gasteiger partial charge on any atom is 0.158 e. The molecule has 1 aliphatic heterocycles. The van der Waals surface area contributed by atoms with Gasteiger partial charge in [-0.15, -0.1) is 0 Å². The quantitative estimate of drug-likeness (QED) is 0.819. The van der Waals surface area contributed by atoms with Crippen LogP contribution in [0.15, 0.2) is 12.3 Å². The van der Waals surface area contributed by atoms with Crippen LogP contribution in [0.25, 0.3) is 0 Å². The van der Waals surface area contributed by atoms with Crippen LogP contribution in [0.2, 0.25) is 0 Å². The van der Waals surface area contributed by atoms with E-state index >= 15 is 0 Å². The van der Waals surface area contributed by atoms with E-state index in [1.54, 1.807) is 0 Å². The van der Waals surface area contributed by atoms with E-state index in [1.165, 1.54) is 12.8 Å². The number of aromatic nitrogens is 2. The van der Waals surface area contributed by atoms with Crippen molar-refractivity contribution in [2.45, 2.75) is 58.5 Å². The Bertz CT molecular complexity index is 442. The van der Waals surface area contributed by atoms with Gasteiger partial charge in [0.1, 0.15) is 0 Å². The molecule has 1 aromatic rings. The first-order chi connectivity index (χ1) is 8.91. The van der Waals surface area contributed by atoms with E-state index in [9.17, 15) is 4.79 Å². The van der Waals surface area contributed by atoms with Crippen LogP contribution in [-0.2, 0) is 11.2 Å². The number of likely N-dealkylation sites (tertiary alicyclic amines) is 1. The number of nitrogens with zero attached hydrogens (tertiary/aromatic N) is 3. The van der Waals surface area contributed by atoms with Crippen molar-refractivity contribution in [3.05, 3.63) is 18.0 Å². The minimum Gasteiger partial charge on any atom is -0.297 e. The van der Waals surface area contributed by atoms with Crippen LogP contribution in [0.5, 0.6) is 0 Å². The normalized spacial score (nSPS) is 17.3. The fourth-order valence-corrected chi connectivity index (χ4v) is 2.59. The second-order valence-electron chi connectivity index (χ2n) is 6.23. The first-order valence-corrected chi connectivity index (χ1v) is 7.23. The second kappa shape index (κ2) is 5.45. The summed E-state index contributed by atoms with van der Waals surface area (Å²) in [5.41, 5.74) is 0.518. The van der Waals surface area contributed by atoms with Gasteiger partial charge in [0, 0.05) is 12.2 Å². The average Bonchev–Trinajstić information content (AvgIpc) is 2.99. The lowest BCUT2D eigenvalue weighted by molar-refractivity contribution is -0.128. The number of carbonyl (C=O) groups is 1. The lowest BCUT2D eigenvalue weighted by Crippen LogP contribution is -2.49. The predicted molar refractivity (Wildman–Crippen MR) is 76.2 cm³/mol. The fourth-order valence-electron chi connectivity index (χ4n) is 2.59. The molecule has 0 aromatic carbocycles. The standard InChI is InChI=1S/C15H25N3O/c1-12(2)18-10-7-13(16-18)11-14(19)15(3,4)17-8-5-6-9-17/h7,10,12H,5-6,8-9,11H2,1-4H3. The number of carbonyl (C=O) groups excluding carboxylic acids is 1. The highest BCUT2D eigenvalue weighted by atomic mass is 16.1. The molecule has 0 atom stereocenters. The highest BCUT2D eigenvalue weighted by Crippen LogP contribution is 2.23. The monoisotopic (exact) mass is 263 g/mol. The summed E-state index contributed by atoms with van der Waals surface area (Å²) < 4.78 is 1.91. The average molecular weight is 263 g/mol. The molecule has 0 bridgehead atoms. The summed E-state index contributed by atoms with van der Waals surface area (Å²) in [7, 11) is 0. The number of Topliss-reactive ketones (excluding diaryl/α,β-unsaturated/α-hetero) is 1. The Hall–Kier alpha value is -1.16. The van der Waals surface area contributed by atoms with Gasteiger partial charge in [0.2, 0.25) is 0 Å². The Kier molecular flexibility index (Phi) is 4.09. The van der Waals surface area contributed by atoms with Crippen molar-refractivity contribution in [1.82, 2.24) is 14.7 Å². The van der Waals surface area contributed by atoms with E-state index < -0.39 is 0 Å². The summed E-state index contributed by atoms with van der Waals surface area (Å²) in [5, 5.41) is 4.47. The smallest absolute Gasteiger partial charge is 0.158 e. The van der Waals surface area contributed by atoms with Crippen molar-refractivity contribution >= 4 is 5.78 Å². The van der Waals surface area contributed by atoms with Crippen molar-refractivity contribution in [1.29, 1.82) is 0 Å². The van der Waals surface area contributed by atoms with Gasteiger partial charge in [-0.3, -0.25) is 14.4 Å². The van der Waals surface area contributed by atoms with Crippen molar-refractivity contribution in [2.24, 2.45) is 0 Å².